The van der Waals surface area contributed by atoms with E-state index >= 15 is 0 Å². The molecule has 0 heterocycles. The molecule has 2 nitrogen and oxygen atoms in total. The summed E-state index contributed by atoms with van der Waals surface area (Å²) in [7, 11) is 0. The third-order valence-electron chi connectivity index (χ3n) is 3.72. The lowest BCUT2D eigenvalue weighted by atomic mass is 10.0. The van der Waals surface area contributed by atoms with Crippen LogP contribution in [0.2, 0.25) is 0 Å². The fourth-order valence-corrected chi connectivity index (χ4v) is 2.36. The molecule has 20 heavy (non-hydrogen) atoms. The van der Waals surface area contributed by atoms with Crippen molar-refractivity contribution in [1.29, 1.82) is 0 Å². The van der Waals surface area contributed by atoms with E-state index in [1.807, 2.05) is 0 Å². The van der Waals surface area contributed by atoms with Gasteiger partial charge in [-0.15, -0.1) is 0 Å². The van der Waals surface area contributed by atoms with Crippen molar-refractivity contribution < 1.29 is 6.22 Å². The van der Waals surface area contributed by atoms with E-state index in [0.717, 1.165) is 31.2 Å². The second-order valence-electron chi connectivity index (χ2n) is 6.94. The highest BCUT2D eigenvalue weighted by molar-refractivity contribution is 5.75. The van der Waals surface area contributed by atoms with Gasteiger partial charge in [0.1, 0.15) is 0 Å². The summed E-state index contributed by atoms with van der Waals surface area (Å²) in [5.41, 5.74) is 0. The highest BCUT2D eigenvalue weighted by atomic mass is 16.1. The van der Waals surface area contributed by atoms with Crippen LogP contribution in [0.25, 0.3) is 0 Å². The number of carbonyl (C=O) groups is 1. The first kappa shape index (κ1) is 19.5. The van der Waals surface area contributed by atoms with Crippen LogP contribution in [0.3, 0.4) is 0 Å². The van der Waals surface area contributed by atoms with Crippen molar-refractivity contribution in [2.24, 2.45) is 11.8 Å². The van der Waals surface area contributed by atoms with E-state index in [0.29, 0.717) is 6.42 Å². The zero-order valence-corrected chi connectivity index (χ0v) is 14.3. The first-order chi connectivity index (χ1) is 9.52. The van der Waals surface area contributed by atoms with Crippen LogP contribution in [0.1, 0.15) is 93.3 Å². The maximum Gasteiger partial charge on any atom is 0.219 e. The standard InChI is InChI=1S/C18H37NO.H2/c1-16(2)12-8-5-6-11-15-19-18(20)14-10-7-9-13-17(3)4;/h16-17H,5-15H2,1-4H3,(H,19,20);1H. The molecule has 1 N–H and O–H groups in total. The molecule has 0 aromatic carbocycles. The number of nitrogens with one attached hydrogen (secondary N) is 1. The molecular weight excluding hydrogens is 246 g/mol. The van der Waals surface area contributed by atoms with Crippen molar-refractivity contribution in [2.45, 2.75) is 91.9 Å². The molecule has 1 amide bonds. The third-order valence-corrected chi connectivity index (χ3v) is 3.72. The molecule has 0 atom stereocenters. The molecule has 0 unspecified atom stereocenters. The fraction of sp³-hybridized carbons (Fsp3) is 0.944. The molecule has 2 heteroatoms. The van der Waals surface area contributed by atoms with Gasteiger partial charge < -0.3 is 5.32 Å². The van der Waals surface area contributed by atoms with Gasteiger partial charge >= 0.3 is 0 Å². The average Bonchev–Trinajstić information content (AvgIpc) is 2.36. The molecule has 0 aromatic heterocycles. The van der Waals surface area contributed by atoms with E-state index in [1.54, 1.807) is 0 Å². The lowest BCUT2D eigenvalue weighted by Crippen LogP contribution is -2.23. The summed E-state index contributed by atoms with van der Waals surface area (Å²) in [4.78, 5) is 11.6. The Labute approximate surface area is 128 Å². The van der Waals surface area contributed by atoms with Gasteiger partial charge in [0.25, 0.3) is 0 Å². The zero-order valence-electron chi connectivity index (χ0n) is 14.3. The quantitative estimate of drug-likeness (QED) is 0.441. The van der Waals surface area contributed by atoms with Crippen molar-refractivity contribution in [3.05, 3.63) is 0 Å². The largest absolute Gasteiger partial charge is 0.356 e. The van der Waals surface area contributed by atoms with Gasteiger partial charge in [-0.05, 0) is 24.7 Å². The van der Waals surface area contributed by atoms with Gasteiger partial charge in [0.05, 0.1) is 0 Å². The number of unbranched alkanes of at least 4 members (excludes halogenated alkanes) is 5. The topological polar surface area (TPSA) is 29.1 Å². The minimum Gasteiger partial charge on any atom is -0.356 e. The minimum atomic E-state index is 0. The molecule has 0 aliphatic rings. The Kier molecular flexibility index (Phi) is 13.1. The van der Waals surface area contributed by atoms with Gasteiger partial charge in [0.15, 0.2) is 0 Å². The Bertz CT molecular complexity index is 229. The van der Waals surface area contributed by atoms with Gasteiger partial charge in [0.2, 0.25) is 5.91 Å². The Hall–Kier alpha value is -0.530. The number of amides is 1. The van der Waals surface area contributed by atoms with Crippen molar-refractivity contribution in [3.63, 3.8) is 0 Å². The van der Waals surface area contributed by atoms with Crippen LogP contribution < -0.4 is 5.32 Å². The first-order valence-electron chi connectivity index (χ1n) is 8.79. The molecule has 0 aromatic rings. The Morgan fingerprint density at radius 1 is 0.800 bits per heavy atom. The first-order valence-corrected chi connectivity index (χ1v) is 8.79. The summed E-state index contributed by atoms with van der Waals surface area (Å²) in [6.45, 7) is 9.94. The van der Waals surface area contributed by atoms with Crippen LogP contribution in [0, 0.1) is 11.8 Å². The molecule has 0 bridgehead atoms. The van der Waals surface area contributed by atoms with Crippen molar-refractivity contribution >= 4 is 5.91 Å². The van der Waals surface area contributed by atoms with Crippen LogP contribution in [0.4, 0.5) is 0 Å². The van der Waals surface area contributed by atoms with E-state index < -0.39 is 0 Å². The summed E-state index contributed by atoms with van der Waals surface area (Å²) in [6, 6.07) is 0. The normalized spacial score (nSPS) is 11.3. The van der Waals surface area contributed by atoms with Gasteiger partial charge in [-0.2, -0.15) is 0 Å². The second-order valence-corrected chi connectivity index (χ2v) is 6.94. The lowest BCUT2D eigenvalue weighted by Gasteiger charge is -2.07. The monoisotopic (exact) mass is 285 g/mol. The number of rotatable bonds is 13. The Morgan fingerprint density at radius 3 is 1.85 bits per heavy atom. The van der Waals surface area contributed by atoms with E-state index in [9.17, 15) is 4.79 Å². The molecule has 122 valence electrons. The fourth-order valence-electron chi connectivity index (χ4n) is 2.36. The highest BCUT2D eigenvalue weighted by Crippen LogP contribution is 2.10. The number of hydrogen-bond donors (Lipinski definition) is 1. The third kappa shape index (κ3) is 15.5. The van der Waals surface area contributed by atoms with Crippen molar-refractivity contribution in [1.82, 2.24) is 5.32 Å². The summed E-state index contributed by atoms with van der Waals surface area (Å²) in [5.74, 6) is 1.86. The van der Waals surface area contributed by atoms with Crippen LogP contribution in [0.5, 0.6) is 0 Å². The molecule has 0 aliphatic carbocycles. The molecule has 0 rings (SSSR count). The summed E-state index contributed by atoms with van der Waals surface area (Å²) < 4.78 is 0. The van der Waals surface area contributed by atoms with Crippen LogP contribution in [0.15, 0.2) is 0 Å². The predicted octanol–water partition coefficient (Wildman–Crippen LogP) is 5.56. The smallest absolute Gasteiger partial charge is 0.219 e. The average molecular weight is 286 g/mol. The van der Waals surface area contributed by atoms with Crippen LogP contribution in [-0.4, -0.2) is 12.5 Å². The van der Waals surface area contributed by atoms with Crippen molar-refractivity contribution in [3.8, 4) is 0 Å². The van der Waals surface area contributed by atoms with Crippen LogP contribution >= 0.6 is 0 Å². The van der Waals surface area contributed by atoms with Gasteiger partial charge in [-0.1, -0.05) is 72.6 Å². The number of hydrogen-bond acceptors (Lipinski definition) is 1. The predicted molar refractivity (Wildman–Crippen MR) is 91.0 cm³/mol. The molecule has 0 spiro atoms. The summed E-state index contributed by atoms with van der Waals surface area (Å²) in [6.07, 6.45) is 11.9. The van der Waals surface area contributed by atoms with E-state index in [1.165, 1.54) is 44.9 Å². The zero-order chi connectivity index (χ0) is 15.2. The molecule has 0 aliphatic heterocycles. The number of carbonyl (C=O) groups excluding carboxylic acids is 1. The maximum absolute atomic E-state index is 11.6. The lowest BCUT2D eigenvalue weighted by molar-refractivity contribution is -0.121. The van der Waals surface area contributed by atoms with Gasteiger partial charge in [-0.3, -0.25) is 4.79 Å². The molecule has 0 fully saturated rings. The van der Waals surface area contributed by atoms with E-state index in [2.05, 4.69) is 33.0 Å². The van der Waals surface area contributed by atoms with Gasteiger partial charge in [0, 0.05) is 14.4 Å². The highest BCUT2D eigenvalue weighted by Gasteiger charge is 2.01. The summed E-state index contributed by atoms with van der Waals surface area (Å²) >= 11 is 0. The molecule has 0 saturated carbocycles. The van der Waals surface area contributed by atoms with Crippen LogP contribution in [-0.2, 0) is 4.79 Å². The Morgan fingerprint density at radius 2 is 1.30 bits per heavy atom. The maximum atomic E-state index is 11.6. The summed E-state index contributed by atoms with van der Waals surface area (Å²) in [5, 5.41) is 3.04. The molecular formula is C18H39NO. The minimum absolute atomic E-state index is 0. The van der Waals surface area contributed by atoms with Crippen molar-refractivity contribution in [2.75, 3.05) is 6.54 Å². The Balaban J connectivity index is 0. The van der Waals surface area contributed by atoms with Gasteiger partial charge in [-0.25, -0.2) is 0 Å². The molecule has 0 radical (unpaired) electrons. The van der Waals surface area contributed by atoms with E-state index in [-0.39, 0.29) is 7.33 Å². The SMILES string of the molecule is CC(C)CCCCCCNC(=O)CCCCCC(C)C.[HH]. The second kappa shape index (κ2) is 13.5. The molecule has 0 saturated heterocycles. The van der Waals surface area contributed by atoms with E-state index in [4.69, 9.17) is 0 Å².